The summed E-state index contributed by atoms with van der Waals surface area (Å²) in [5.41, 5.74) is -0.729. The summed E-state index contributed by atoms with van der Waals surface area (Å²) in [5.74, 6) is -0.693. The van der Waals surface area contributed by atoms with Crippen LogP contribution in [0.1, 0.15) is 17.9 Å². The van der Waals surface area contributed by atoms with E-state index in [1.54, 1.807) is 0 Å². The molecule has 0 amide bonds. The fraction of sp³-hybridized carbons (Fsp3) is 0.133. The van der Waals surface area contributed by atoms with Crippen molar-refractivity contribution < 1.29 is 22.0 Å². The molecule has 0 spiro atoms. The molecule has 0 fully saturated rings. The second-order valence-electron chi connectivity index (χ2n) is 5.40. The van der Waals surface area contributed by atoms with Gasteiger partial charge in [-0.1, -0.05) is 0 Å². The van der Waals surface area contributed by atoms with Gasteiger partial charge in [-0.05, 0) is 40.2 Å². The van der Waals surface area contributed by atoms with Crippen LogP contribution in [-0.4, -0.2) is 24.7 Å². The van der Waals surface area contributed by atoms with E-state index in [0.29, 0.717) is 21.4 Å². The van der Waals surface area contributed by atoms with Crippen LogP contribution in [0.25, 0.3) is 27.8 Å². The normalized spacial score (nSPS) is 12.6. The van der Waals surface area contributed by atoms with Crippen LogP contribution >= 0.6 is 15.9 Å². The SMILES string of the molecule is FC(F)c1nc2ccc(C(F)(F)F)nc2n1-c1cc(Br)c2[nH]ncc2c1. The molecule has 0 saturated heterocycles. The van der Waals surface area contributed by atoms with Crippen LogP contribution in [0.5, 0.6) is 0 Å². The van der Waals surface area contributed by atoms with Crippen molar-refractivity contribution in [1.82, 2.24) is 24.7 Å². The van der Waals surface area contributed by atoms with Crippen molar-refractivity contribution in [1.29, 1.82) is 0 Å². The predicted molar refractivity (Wildman–Crippen MR) is 86.2 cm³/mol. The number of hydrogen-bond donors (Lipinski definition) is 1. The lowest BCUT2D eigenvalue weighted by Crippen LogP contribution is -2.09. The molecular weight excluding hydrogens is 425 g/mol. The lowest BCUT2D eigenvalue weighted by Gasteiger charge is -2.10. The first kappa shape index (κ1) is 16.9. The quantitative estimate of drug-likeness (QED) is 0.453. The van der Waals surface area contributed by atoms with E-state index in [1.807, 2.05) is 0 Å². The smallest absolute Gasteiger partial charge is 0.277 e. The third-order valence-electron chi connectivity index (χ3n) is 3.76. The molecule has 134 valence electrons. The van der Waals surface area contributed by atoms with Crippen molar-refractivity contribution in [2.75, 3.05) is 0 Å². The van der Waals surface area contributed by atoms with Gasteiger partial charge in [0.05, 0.1) is 17.4 Å². The van der Waals surface area contributed by atoms with Crippen LogP contribution in [0, 0.1) is 0 Å². The molecule has 5 nitrogen and oxygen atoms in total. The van der Waals surface area contributed by atoms with Crippen LogP contribution < -0.4 is 0 Å². The number of halogens is 6. The fourth-order valence-electron chi connectivity index (χ4n) is 2.66. The molecule has 1 N–H and O–H groups in total. The molecule has 11 heteroatoms. The van der Waals surface area contributed by atoms with Crippen molar-refractivity contribution >= 4 is 38.0 Å². The van der Waals surface area contributed by atoms with Gasteiger partial charge >= 0.3 is 6.18 Å². The van der Waals surface area contributed by atoms with Crippen molar-refractivity contribution in [3.05, 3.63) is 46.5 Å². The van der Waals surface area contributed by atoms with E-state index >= 15 is 0 Å². The number of aromatic amines is 1. The summed E-state index contributed by atoms with van der Waals surface area (Å²) in [6.07, 6.45) is -6.24. The highest BCUT2D eigenvalue weighted by molar-refractivity contribution is 9.10. The Kier molecular flexibility index (Phi) is 3.72. The molecule has 0 atom stereocenters. The Morgan fingerprint density at radius 1 is 1.12 bits per heavy atom. The predicted octanol–water partition coefficient (Wildman–Crippen LogP) is 5.02. The second kappa shape index (κ2) is 5.73. The molecule has 0 bridgehead atoms. The number of H-pyrrole nitrogens is 1. The number of aromatic nitrogens is 5. The highest BCUT2D eigenvalue weighted by atomic mass is 79.9. The highest BCUT2D eigenvalue weighted by Gasteiger charge is 2.33. The molecule has 0 aliphatic rings. The van der Waals surface area contributed by atoms with Gasteiger partial charge < -0.3 is 0 Å². The number of benzene rings is 1. The third-order valence-corrected chi connectivity index (χ3v) is 4.39. The first-order valence-corrected chi connectivity index (χ1v) is 7.93. The van der Waals surface area contributed by atoms with Crippen LogP contribution in [0.3, 0.4) is 0 Å². The molecule has 1 aromatic carbocycles. The van der Waals surface area contributed by atoms with Gasteiger partial charge in [-0.25, -0.2) is 18.7 Å². The number of hydrogen-bond acceptors (Lipinski definition) is 3. The average molecular weight is 432 g/mol. The molecule has 0 radical (unpaired) electrons. The maximum Gasteiger partial charge on any atom is 0.433 e. The Bertz CT molecular complexity index is 1130. The Hall–Kier alpha value is -2.56. The van der Waals surface area contributed by atoms with Crippen LogP contribution in [0.4, 0.5) is 22.0 Å². The molecule has 26 heavy (non-hydrogen) atoms. The zero-order chi connectivity index (χ0) is 18.6. The number of pyridine rings is 1. The standard InChI is InChI=1S/C15H7BrF5N5/c16-8-4-7(3-6-5-22-25-11(6)8)26-13-9(23-14(26)12(17)18)1-2-10(24-13)15(19,20)21/h1-5,12H,(H,22,25). The lowest BCUT2D eigenvalue weighted by molar-refractivity contribution is -0.141. The molecule has 0 saturated carbocycles. The summed E-state index contributed by atoms with van der Waals surface area (Å²) in [4.78, 5) is 7.28. The first-order valence-electron chi connectivity index (χ1n) is 7.13. The number of nitrogens with zero attached hydrogens (tertiary/aromatic N) is 4. The summed E-state index contributed by atoms with van der Waals surface area (Å²) in [5, 5.41) is 7.17. The van der Waals surface area contributed by atoms with Gasteiger partial charge in [0, 0.05) is 9.86 Å². The van der Waals surface area contributed by atoms with E-state index in [2.05, 4.69) is 36.1 Å². The van der Waals surface area contributed by atoms with Crippen molar-refractivity contribution in [2.45, 2.75) is 12.6 Å². The largest absolute Gasteiger partial charge is 0.433 e. The maximum absolute atomic E-state index is 13.5. The van der Waals surface area contributed by atoms with Gasteiger partial charge in [0.1, 0.15) is 11.2 Å². The van der Waals surface area contributed by atoms with E-state index in [0.717, 1.165) is 10.6 Å². The van der Waals surface area contributed by atoms with Gasteiger partial charge in [-0.15, -0.1) is 0 Å². The Morgan fingerprint density at radius 3 is 2.58 bits per heavy atom. The molecule has 3 aromatic heterocycles. The molecule has 0 aliphatic carbocycles. The Balaban J connectivity index is 2.06. The monoisotopic (exact) mass is 431 g/mol. The number of imidazole rings is 1. The van der Waals surface area contributed by atoms with Gasteiger partial charge in [0.15, 0.2) is 11.5 Å². The second-order valence-corrected chi connectivity index (χ2v) is 6.26. The van der Waals surface area contributed by atoms with E-state index in [-0.39, 0.29) is 16.9 Å². The minimum Gasteiger partial charge on any atom is -0.277 e. The number of nitrogens with one attached hydrogen (secondary N) is 1. The van der Waals surface area contributed by atoms with Gasteiger partial charge in [-0.2, -0.15) is 18.3 Å². The zero-order valence-electron chi connectivity index (χ0n) is 12.5. The molecular formula is C15H7BrF5N5. The summed E-state index contributed by atoms with van der Waals surface area (Å²) in [6, 6.07) is 4.73. The summed E-state index contributed by atoms with van der Waals surface area (Å²) in [6.45, 7) is 0. The molecule has 0 aliphatic heterocycles. The van der Waals surface area contributed by atoms with E-state index in [1.165, 1.54) is 18.3 Å². The minimum absolute atomic E-state index is 0.0586. The number of alkyl halides is 5. The zero-order valence-corrected chi connectivity index (χ0v) is 14.1. The Labute approximate surface area is 150 Å². The molecule has 4 rings (SSSR count). The minimum atomic E-state index is -4.70. The van der Waals surface area contributed by atoms with E-state index < -0.39 is 24.1 Å². The summed E-state index contributed by atoms with van der Waals surface area (Å²) in [7, 11) is 0. The number of rotatable bonds is 2. The number of fused-ring (bicyclic) bond motifs is 2. The lowest BCUT2D eigenvalue weighted by atomic mass is 10.2. The first-order chi connectivity index (χ1) is 12.3. The van der Waals surface area contributed by atoms with Crippen LogP contribution in [0.2, 0.25) is 0 Å². The summed E-state index contributed by atoms with van der Waals surface area (Å²) < 4.78 is 67.3. The summed E-state index contributed by atoms with van der Waals surface area (Å²) >= 11 is 3.29. The van der Waals surface area contributed by atoms with Gasteiger partial charge in [0.2, 0.25) is 0 Å². The van der Waals surface area contributed by atoms with E-state index in [4.69, 9.17) is 0 Å². The van der Waals surface area contributed by atoms with Crippen molar-refractivity contribution in [2.24, 2.45) is 0 Å². The molecule has 3 heterocycles. The van der Waals surface area contributed by atoms with E-state index in [9.17, 15) is 22.0 Å². The highest BCUT2D eigenvalue weighted by Crippen LogP contribution is 2.34. The van der Waals surface area contributed by atoms with Gasteiger partial charge in [0.25, 0.3) is 6.43 Å². The fourth-order valence-corrected chi connectivity index (χ4v) is 3.21. The van der Waals surface area contributed by atoms with Gasteiger partial charge in [-0.3, -0.25) is 9.67 Å². The third kappa shape index (κ3) is 2.62. The molecule has 4 aromatic rings. The van der Waals surface area contributed by atoms with Crippen molar-refractivity contribution in [3.63, 3.8) is 0 Å². The molecule has 0 unspecified atom stereocenters. The Morgan fingerprint density at radius 2 is 1.88 bits per heavy atom. The maximum atomic E-state index is 13.5. The van der Waals surface area contributed by atoms with Crippen LogP contribution in [-0.2, 0) is 6.18 Å². The topological polar surface area (TPSA) is 59.4 Å². The van der Waals surface area contributed by atoms with Crippen LogP contribution in [0.15, 0.2) is 34.9 Å². The average Bonchev–Trinajstić information content (AvgIpc) is 3.17. The van der Waals surface area contributed by atoms with Crippen molar-refractivity contribution in [3.8, 4) is 5.69 Å².